The van der Waals surface area contributed by atoms with Crippen molar-refractivity contribution in [1.82, 2.24) is 5.32 Å². The van der Waals surface area contributed by atoms with Crippen molar-refractivity contribution in [3.05, 3.63) is 65.0 Å². The molecule has 0 atom stereocenters. The highest BCUT2D eigenvalue weighted by atomic mass is 19.1. The number of nitrogens with two attached hydrogens (primary N) is 1. The molecule has 0 fully saturated rings. The van der Waals surface area contributed by atoms with Crippen molar-refractivity contribution in [2.75, 3.05) is 18.4 Å². The number of hydrogen-bond donors (Lipinski definition) is 3. The quantitative estimate of drug-likeness (QED) is 0.448. The highest BCUT2D eigenvalue weighted by Crippen LogP contribution is 2.09. The zero-order valence-corrected chi connectivity index (χ0v) is 13.8. The normalized spacial score (nSPS) is 11.2. The van der Waals surface area contributed by atoms with E-state index >= 15 is 0 Å². The lowest BCUT2D eigenvalue weighted by Crippen LogP contribution is -2.28. The van der Waals surface area contributed by atoms with Crippen LogP contribution in [0, 0.1) is 19.7 Å². The predicted octanol–water partition coefficient (Wildman–Crippen LogP) is 2.60. The van der Waals surface area contributed by atoms with Gasteiger partial charge in [0.15, 0.2) is 5.96 Å². The molecule has 24 heavy (non-hydrogen) atoms. The van der Waals surface area contributed by atoms with Gasteiger partial charge in [0, 0.05) is 17.8 Å². The van der Waals surface area contributed by atoms with Crippen molar-refractivity contribution in [2.24, 2.45) is 10.7 Å². The SMILES string of the molecule is Cc1cccc(NC(N)=NCCNC(=O)c2ccc(C)c(F)c2)c1. The molecule has 0 spiro atoms. The fourth-order valence-electron chi connectivity index (χ4n) is 2.09. The summed E-state index contributed by atoms with van der Waals surface area (Å²) in [6.07, 6.45) is 0. The summed E-state index contributed by atoms with van der Waals surface area (Å²) >= 11 is 0. The van der Waals surface area contributed by atoms with E-state index in [2.05, 4.69) is 15.6 Å². The molecule has 0 unspecified atom stereocenters. The van der Waals surface area contributed by atoms with E-state index in [9.17, 15) is 9.18 Å². The minimum absolute atomic E-state index is 0.274. The van der Waals surface area contributed by atoms with Crippen LogP contribution >= 0.6 is 0 Å². The van der Waals surface area contributed by atoms with Crippen molar-refractivity contribution in [3.63, 3.8) is 0 Å². The van der Waals surface area contributed by atoms with Crippen LogP contribution in [0.15, 0.2) is 47.5 Å². The molecular formula is C18H21FN4O. The van der Waals surface area contributed by atoms with Gasteiger partial charge in [-0.05, 0) is 49.2 Å². The zero-order valence-electron chi connectivity index (χ0n) is 13.8. The number of hydrogen-bond acceptors (Lipinski definition) is 2. The minimum Gasteiger partial charge on any atom is -0.370 e. The number of rotatable bonds is 5. The molecule has 0 aliphatic carbocycles. The van der Waals surface area contributed by atoms with Crippen molar-refractivity contribution >= 4 is 17.6 Å². The molecule has 6 heteroatoms. The molecule has 126 valence electrons. The summed E-state index contributed by atoms with van der Waals surface area (Å²) in [5.74, 6) is -0.460. The van der Waals surface area contributed by atoms with Gasteiger partial charge in [-0.25, -0.2) is 4.39 Å². The van der Waals surface area contributed by atoms with Crippen LogP contribution in [0.1, 0.15) is 21.5 Å². The van der Waals surface area contributed by atoms with E-state index in [1.54, 1.807) is 19.1 Å². The maximum atomic E-state index is 13.4. The third-order valence-corrected chi connectivity index (χ3v) is 3.40. The summed E-state index contributed by atoms with van der Waals surface area (Å²) in [5.41, 5.74) is 8.56. The minimum atomic E-state index is -0.396. The lowest BCUT2D eigenvalue weighted by atomic mass is 10.1. The summed E-state index contributed by atoms with van der Waals surface area (Å²) in [6.45, 7) is 4.27. The zero-order chi connectivity index (χ0) is 17.5. The van der Waals surface area contributed by atoms with Gasteiger partial charge in [0.05, 0.1) is 6.54 Å². The Bertz CT molecular complexity index is 758. The largest absolute Gasteiger partial charge is 0.370 e. The van der Waals surface area contributed by atoms with Crippen LogP contribution in [0.25, 0.3) is 0 Å². The van der Waals surface area contributed by atoms with Gasteiger partial charge in [0.25, 0.3) is 5.91 Å². The standard InChI is InChI=1S/C18H21FN4O/c1-12-4-3-5-15(10-12)23-18(20)22-9-8-21-17(24)14-7-6-13(2)16(19)11-14/h3-7,10-11H,8-9H2,1-2H3,(H,21,24)(H3,20,22,23). The summed E-state index contributed by atoms with van der Waals surface area (Å²) in [7, 11) is 0. The van der Waals surface area contributed by atoms with Gasteiger partial charge in [-0.15, -0.1) is 0 Å². The number of amides is 1. The summed E-state index contributed by atoms with van der Waals surface area (Å²) in [4.78, 5) is 16.0. The number of benzene rings is 2. The number of anilines is 1. The number of aliphatic imine (C=N–C) groups is 1. The second-order valence-corrected chi connectivity index (χ2v) is 5.48. The first-order valence-electron chi connectivity index (χ1n) is 7.63. The molecule has 0 saturated heterocycles. The first kappa shape index (κ1) is 17.5. The molecule has 2 aromatic rings. The molecule has 0 aliphatic rings. The first-order valence-corrected chi connectivity index (χ1v) is 7.63. The van der Waals surface area contributed by atoms with Crippen LogP contribution in [-0.2, 0) is 0 Å². The average molecular weight is 328 g/mol. The predicted molar refractivity (Wildman–Crippen MR) is 94.8 cm³/mol. The van der Waals surface area contributed by atoms with Crippen molar-refractivity contribution in [3.8, 4) is 0 Å². The number of guanidine groups is 1. The third kappa shape index (κ3) is 5.08. The van der Waals surface area contributed by atoms with E-state index in [1.807, 2.05) is 31.2 Å². The topological polar surface area (TPSA) is 79.5 Å². The Morgan fingerprint density at radius 2 is 2.00 bits per heavy atom. The molecule has 4 N–H and O–H groups in total. The molecule has 2 rings (SSSR count). The second kappa shape index (κ2) is 8.10. The van der Waals surface area contributed by atoms with Crippen molar-refractivity contribution < 1.29 is 9.18 Å². The monoisotopic (exact) mass is 328 g/mol. The highest BCUT2D eigenvalue weighted by Gasteiger charge is 2.07. The first-order chi connectivity index (χ1) is 11.5. The lowest BCUT2D eigenvalue weighted by molar-refractivity contribution is 0.0954. The molecule has 0 bridgehead atoms. The van der Waals surface area contributed by atoms with Gasteiger partial charge in [-0.3, -0.25) is 9.79 Å². The van der Waals surface area contributed by atoms with Gasteiger partial charge in [-0.2, -0.15) is 0 Å². The molecule has 5 nitrogen and oxygen atoms in total. The maximum Gasteiger partial charge on any atom is 0.251 e. The van der Waals surface area contributed by atoms with Gasteiger partial charge < -0.3 is 16.4 Å². The molecular weight excluding hydrogens is 307 g/mol. The second-order valence-electron chi connectivity index (χ2n) is 5.48. The Labute approximate surface area is 140 Å². The van der Waals surface area contributed by atoms with Crippen LogP contribution in [0.2, 0.25) is 0 Å². The molecule has 0 saturated carbocycles. The maximum absolute atomic E-state index is 13.4. The Kier molecular flexibility index (Phi) is 5.89. The highest BCUT2D eigenvalue weighted by molar-refractivity contribution is 5.94. The van der Waals surface area contributed by atoms with Crippen LogP contribution in [-0.4, -0.2) is 25.0 Å². The number of nitrogens with zero attached hydrogens (tertiary/aromatic N) is 1. The van der Waals surface area contributed by atoms with Gasteiger partial charge >= 0.3 is 0 Å². The molecule has 0 radical (unpaired) electrons. The number of nitrogens with one attached hydrogen (secondary N) is 2. The van der Waals surface area contributed by atoms with Crippen LogP contribution < -0.4 is 16.4 Å². The summed E-state index contributed by atoms with van der Waals surface area (Å²) < 4.78 is 13.4. The third-order valence-electron chi connectivity index (χ3n) is 3.40. The average Bonchev–Trinajstić information content (AvgIpc) is 2.54. The Morgan fingerprint density at radius 3 is 2.71 bits per heavy atom. The van der Waals surface area contributed by atoms with E-state index in [1.165, 1.54) is 6.07 Å². The van der Waals surface area contributed by atoms with Crippen LogP contribution in [0.3, 0.4) is 0 Å². The Morgan fingerprint density at radius 1 is 1.21 bits per heavy atom. The number of aryl methyl sites for hydroxylation is 2. The van der Waals surface area contributed by atoms with E-state index in [-0.39, 0.29) is 17.4 Å². The molecule has 0 heterocycles. The molecule has 0 aromatic heterocycles. The fraction of sp³-hybridized carbons (Fsp3) is 0.222. The van der Waals surface area contributed by atoms with Gasteiger partial charge in [-0.1, -0.05) is 18.2 Å². The summed E-state index contributed by atoms with van der Waals surface area (Å²) in [5, 5.41) is 5.66. The number of carbonyl (C=O) groups is 1. The van der Waals surface area contributed by atoms with Gasteiger partial charge in [0.1, 0.15) is 5.82 Å². The van der Waals surface area contributed by atoms with Crippen LogP contribution in [0.5, 0.6) is 0 Å². The molecule has 2 aromatic carbocycles. The molecule has 0 aliphatic heterocycles. The Balaban J connectivity index is 1.80. The fourth-order valence-corrected chi connectivity index (χ4v) is 2.09. The van der Waals surface area contributed by atoms with Crippen molar-refractivity contribution in [1.29, 1.82) is 0 Å². The Hall–Kier alpha value is -2.89. The van der Waals surface area contributed by atoms with E-state index in [4.69, 9.17) is 5.73 Å². The number of halogens is 1. The van der Waals surface area contributed by atoms with Gasteiger partial charge in [0.2, 0.25) is 0 Å². The van der Waals surface area contributed by atoms with E-state index in [0.717, 1.165) is 11.3 Å². The lowest BCUT2D eigenvalue weighted by Gasteiger charge is -2.07. The molecule has 1 amide bonds. The summed E-state index contributed by atoms with van der Waals surface area (Å²) in [6, 6.07) is 12.1. The van der Waals surface area contributed by atoms with E-state index in [0.29, 0.717) is 18.7 Å². The number of carbonyl (C=O) groups excluding carboxylic acids is 1. The van der Waals surface area contributed by atoms with Crippen LogP contribution in [0.4, 0.5) is 10.1 Å². The smallest absolute Gasteiger partial charge is 0.251 e. The van der Waals surface area contributed by atoms with E-state index < -0.39 is 5.82 Å². The van der Waals surface area contributed by atoms with Crippen molar-refractivity contribution in [2.45, 2.75) is 13.8 Å².